The molecule has 50 heavy (non-hydrogen) atoms. The molecule has 0 saturated carbocycles. The number of nitrogens with one attached hydrogen (secondary N) is 2. The normalized spacial score (nSPS) is 17.2. The molecule has 0 bridgehead atoms. The average molecular weight is 683 g/mol. The highest BCUT2D eigenvalue weighted by Crippen LogP contribution is 2.50. The molecule has 3 aromatic carbocycles. The van der Waals surface area contributed by atoms with E-state index in [0.29, 0.717) is 60.3 Å². The molecule has 1 aromatic heterocycles. The fourth-order valence-electron chi connectivity index (χ4n) is 7.29. The number of amides is 2. The Morgan fingerprint density at radius 2 is 1.74 bits per heavy atom. The van der Waals surface area contributed by atoms with Crippen LogP contribution < -0.4 is 30.3 Å². The van der Waals surface area contributed by atoms with E-state index in [9.17, 15) is 14.4 Å². The Morgan fingerprint density at radius 3 is 2.40 bits per heavy atom. The number of aromatic nitrogens is 1. The number of carbonyl (C=O) groups excluding carboxylic acids is 2. The van der Waals surface area contributed by atoms with Crippen molar-refractivity contribution in [3.8, 4) is 28.4 Å². The summed E-state index contributed by atoms with van der Waals surface area (Å²) in [5.41, 5.74) is 4.74. The molecule has 1 aliphatic heterocycles. The van der Waals surface area contributed by atoms with Gasteiger partial charge in [0.05, 0.1) is 33.1 Å². The van der Waals surface area contributed by atoms with E-state index in [-0.39, 0.29) is 29.1 Å². The molecule has 264 valence electrons. The summed E-state index contributed by atoms with van der Waals surface area (Å²) in [7, 11) is 4.70. The molecule has 2 heterocycles. The van der Waals surface area contributed by atoms with Crippen LogP contribution in [0.15, 0.2) is 57.7 Å². The van der Waals surface area contributed by atoms with E-state index in [1.54, 1.807) is 33.5 Å². The van der Waals surface area contributed by atoms with E-state index in [1.165, 1.54) is 6.92 Å². The zero-order chi connectivity index (χ0) is 35.5. The van der Waals surface area contributed by atoms with Crippen molar-refractivity contribution in [3.63, 3.8) is 0 Å². The monoisotopic (exact) mass is 682 g/mol. The quantitative estimate of drug-likeness (QED) is 0.200. The Hall–Kier alpha value is -5.06. The summed E-state index contributed by atoms with van der Waals surface area (Å²) in [6.07, 6.45) is 3.38. The number of anilines is 1. The molecule has 2 aliphatic rings. The van der Waals surface area contributed by atoms with Crippen LogP contribution in [-0.4, -0.2) is 62.2 Å². The first kappa shape index (κ1) is 34.8. The summed E-state index contributed by atoms with van der Waals surface area (Å²) in [6, 6.07) is 13.8. The van der Waals surface area contributed by atoms with Gasteiger partial charge in [0.1, 0.15) is 11.6 Å². The number of aryl methyl sites for hydroxylation is 1. The molecule has 3 unspecified atom stereocenters. The van der Waals surface area contributed by atoms with Crippen molar-refractivity contribution in [1.29, 1.82) is 0 Å². The van der Waals surface area contributed by atoms with Crippen LogP contribution in [-0.2, 0) is 16.0 Å². The molecule has 4 aromatic rings. The maximum atomic E-state index is 14.2. The maximum Gasteiger partial charge on any atom is 0.245 e. The summed E-state index contributed by atoms with van der Waals surface area (Å²) < 4.78 is 23.3. The molecular formula is C39H46N4O7. The van der Waals surface area contributed by atoms with Gasteiger partial charge in [0.15, 0.2) is 23.0 Å². The van der Waals surface area contributed by atoms with Crippen molar-refractivity contribution in [1.82, 2.24) is 15.2 Å². The van der Waals surface area contributed by atoms with Crippen LogP contribution >= 0.6 is 0 Å². The summed E-state index contributed by atoms with van der Waals surface area (Å²) in [5.74, 6) is 2.01. The first-order valence-electron chi connectivity index (χ1n) is 17.4. The third-order valence-electron chi connectivity index (χ3n) is 10.2. The predicted octanol–water partition coefficient (Wildman–Crippen LogP) is 6.24. The number of piperidine rings is 1. The van der Waals surface area contributed by atoms with E-state index in [0.717, 1.165) is 47.1 Å². The number of hydrogen-bond donors (Lipinski definition) is 2. The third-order valence-corrected chi connectivity index (χ3v) is 10.2. The van der Waals surface area contributed by atoms with Crippen LogP contribution in [0.2, 0.25) is 0 Å². The van der Waals surface area contributed by atoms with Crippen LogP contribution in [0, 0.1) is 5.92 Å². The molecule has 6 rings (SSSR count). The Kier molecular flexibility index (Phi) is 10.3. The zero-order valence-corrected chi connectivity index (χ0v) is 29.6. The van der Waals surface area contributed by atoms with Gasteiger partial charge in [0.2, 0.25) is 23.0 Å². The minimum absolute atomic E-state index is 0.0391. The minimum Gasteiger partial charge on any atom is -0.493 e. The molecule has 1 aliphatic carbocycles. The molecule has 0 spiro atoms. The Bertz CT molecular complexity index is 1920. The van der Waals surface area contributed by atoms with Gasteiger partial charge in [-0.25, -0.2) is 4.98 Å². The van der Waals surface area contributed by atoms with Crippen LogP contribution in [0.5, 0.6) is 17.2 Å². The Morgan fingerprint density at radius 1 is 1.00 bits per heavy atom. The fraction of sp³-hybridized carbons (Fsp3) is 0.436. The van der Waals surface area contributed by atoms with E-state index in [4.69, 9.17) is 23.6 Å². The minimum atomic E-state index is -0.617. The van der Waals surface area contributed by atoms with Gasteiger partial charge >= 0.3 is 0 Å². The van der Waals surface area contributed by atoms with Gasteiger partial charge in [0.25, 0.3) is 0 Å². The van der Waals surface area contributed by atoms with E-state index < -0.39 is 12.1 Å². The second-order valence-corrected chi connectivity index (χ2v) is 13.2. The van der Waals surface area contributed by atoms with Crippen molar-refractivity contribution >= 4 is 28.6 Å². The van der Waals surface area contributed by atoms with E-state index in [1.807, 2.05) is 55.1 Å². The number of carbonyl (C=O) groups is 2. The highest BCUT2D eigenvalue weighted by atomic mass is 16.5. The van der Waals surface area contributed by atoms with Crippen molar-refractivity contribution < 1.29 is 28.2 Å². The number of methoxy groups -OCH3 is 3. The summed E-state index contributed by atoms with van der Waals surface area (Å²) in [6.45, 7) is 6.67. The largest absolute Gasteiger partial charge is 0.493 e. The molecule has 1 fully saturated rings. The van der Waals surface area contributed by atoms with Crippen LogP contribution in [0.25, 0.3) is 22.2 Å². The van der Waals surface area contributed by atoms with Gasteiger partial charge in [-0.1, -0.05) is 38.5 Å². The lowest BCUT2D eigenvalue weighted by Crippen LogP contribution is -2.49. The van der Waals surface area contributed by atoms with Crippen molar-refractivity contribution in [2.75, 3.05) is 39.7 Å². The lowest BCUT2D eigenvalue weighted by Gasteiger charge is -2.35. The summed E-state index contributed by atoms with van der Waals surface area (Å²) in [5, 5.41) is 6.41. The topological polar surface area (TPSA) is 132 Å². The van der Waals surface area contributed by atoms with Crippen LogP contribution in [0.3, 0.4) is 0 Å². The first-order valence-corrected chi connectivity index (χ1v) is 17.4. The number of hydrogen-bond acceptors (Lipinski definition) is 9. The second-order valence-electron chi connectivity index (χ2n) is 13.2. The standard InChI is InChI=1S/C39H46N4O7/c1-7-22(2)35(39(46)43-18-16-24(17-19-43)38-42-30-10-8-9-11-32(30)50-38)41-29-15-13-26-27(21-31(29)45)28(40-23(3)44)14-12-25-20-33(47-4)36(48-5)37(49-6)34(25)26/h8-11,13,15,20-22,24,28,35H,7,12,14,16-19H2,1-6H3,(H,40,44)(H,41,45). The fourth-order valence-corrected chi connectivity index (χ4v) is 7.29. The molecular weight excluding hydrogens is 636 g/mol. The molecule has 0 radical (unpaired) electrons. The molecule has 11 nitrogen and oxygen atoms in total. The molecule has 3 atom stereocenters. The first-order chi connectivity index (χ1) is 24.2. The van der Waals surface area contributed by atoms with Crippen molar-refractivity contribution in [2.24, 2.45) is 5.92 Å². The molecule has 2 N–H and O–H groups in total. The van der Waals surface area contributed by atoms with Gasteiger partial charge in [-0.3, -0.25) is 14.4 Å². The van der Waals surface area contributed by atoms with Gasteiger partial charge in [0, 0.05) is 31.5 Å². The van der Waals surface area contributed by atoms with Gasteiger partial charge in [-0.15, -0.1) is 0 Å². The van der Waals surface area contributed by atoms with Crippen LogP contribution in [0.1, 0.15) is 75.4 Å². The van der Waals surface area contributed by atoms with Crippen molar-refractivity contribution in [2.45, 2.75) is 70.9 Å². The number of para-hydroxylation sites is 2. The zero-order valence-electron chi connectivity index (χ0n) is 29.6. The van der Waals surface area contributed by atoms with Crippen LogP contribution in [0.4, 0.5) is 5.69 Å². The Balaban J connectivity index is 1.33. The molecule has 1 saturated heterocycles. The number of rotatable bonds is 10. The van der Waals surface area contributed by atoms with Gasteiger partial charge in [-0.05, 0) is 78.6 Å². The lowest BCUT2D eigenvalue weighted by molar-refractivity contribution is -0.134. The number of ether oxygens (including phenoxy) is 3. The number of nitrogens with zero attached hydrogens (tertiary/aromatic N) is 2. The van der Waals surface area contributed by atoms with E-state index in [2.05, 4.69) is 10.6 Å². The highest BCUT2D eigenvalue weighted by molar-refractivity contribution is 5.86. The third kappa shape index (κ3) is 6.73. The lowest BCUT2D eigenvalue weighted by atomic mass is 9.93. The maximum absolute atomic E-state index is 14.2. The molecule has 2 amide bonds. The number of oxazole rings is 1. The average Bonchev–Trinajstić information content (AvgIpc) is 3.43. The SMILES string of the molecule is CCC(C)C(Nc1ccc2c(cc1=O)C(NC(C)=O)CCc1cc(OC)c(OC)c(OC)c1-2)C(=O)N1CCC(c2nc3ccccc3o2)CC1. The molecule has 11 heteroatoms. The number of benzene rings is 2. The number of fused-ring (bicyclic) bond motifs is 4. The number of likely N-dealkylation sites (tertiary alicyclic amines) is 1. The van der Waals surface area contributed by atoms with Gasteiger partial charge in [-0.2, -0.15) is 0 Å². The predicted molar refractivity (Wildman–Crippen MR) is 192 cm³/mol. The second kappa shape index (κ2) is 14.8. The van der Waals surface area contributed by atoms with Crippen molar-refractivity contribution in [3.05, 3.63) is 75.8 Å². The summed E-state index contributed by atoms with van der Waals surface area (Å²) >= 11 is 0. The van der Waals surface area contributed by atoms with E-state index >= 15 is 0 Å². The highest BCUT2D eigenvalue weighted by Gasteiger charge is 2.34. The smallest absolute Gasteiger partial charge is 0.245 e. The Labute approximate surface area is 292 Å². The van der Waals surface area contributed by atoms with Gasteiger partial charge < -0.3 is 34.2 Å². The summed E-state index contributed by atoms with van der Waals surface area (Å²) in [4.78, 5) is 47.2.